The van der Waals surface area contributed by atoms with E-state index in [9.17, 15) is 8.42 Å². The molecule has 1 aromatic carbocycles. The summed E-state index contributed by atoms with van der Waals surface area (Å²) in [5.74, 6) is 1.78. The second kappa shape index (κ2) is 6.01. The first-order chi connectivity index (χ1) is 9.77. The summed E-state index contributed by atoms with van der Waals surface area (Å²) in [4.78, 5) is 0.129. The second-order valence-electron chi connectivity index (χ2n) is 5.16. The Kier molecular flexibility index (Phi) is 4.51. The summed E-state index contributed by atoms with van der Waals surface area (Å²) >= 11 is 0. The molecule has 1 heterocycles. The van der Waals surface area contributed by atoms with E-state index in [1.807, 2.05) is 32.9 Å². The highest BCUT2D eigenvalue weighted by molar-refractivity contribution is 7.89. The van der Waals surface area contributed by atoms with E-state index in [0.717, 1.165) is 22.6 Å². The number of rotatable bonds is 5. The number of benzene rings is 1. The first kappa shape index (κ1) is 15.8. The van der Waals surface area contributed by atoms with Crippen molar-refractivity contribution < 1.29 is 12.8 Å². The molecule has 0 aliphatic carbocycles. The predicted molar refractivity (Wildman–Crippen MR) is 81.3 cm³/mol. The monoisotopic (exact) mass is 308 g/mol. The van der Waals surface area contributed by atoms with Gasteiger partial charge in [0.15, 0.2) is 0 Å². The third-order valence-electron chi connectivity index (χ3n) is 3.39. The molecule has 0 radical (unpaired) electrons. The Morgan fingerprint density at radius 2 is 2.00 bits per heavy atom. The van der Waals surface area contributed by atoms with Gasteiger partial charge in [-0.2, -0.15) is 0 Å². The summed E-state index contributed by atoms with van der Waals surface area (Å²) in [7, 11) is -3.66. The molecule has 0 fully saturated rings. The van der Waals surface area contributed by atoms with Gasteiger partial charge in [0.1, 0.15) is 11.5 Å². The van der Waals surface area contributed by atoms with Gasteiger partial charge in [-0.15, -0.1) is 0 Å². The lowest BCUT2D eigenvalue weighted by molar-refractivity contribution is 0.489. The van der Waals surface area contributed by atoms with Crippen LogP contribution in [0.5, 0.6) is 0 Å². The molecule has 0 aliphatic heterocycles. The van der Waals surface area contributed by atoms with Gasteiger partial charge in [-0.3, -0.25) is 0 Å². The summed E-state index contributed by atoms with van der Waals surface area (Å²) in [6.07, 6.45) is 0. The molecule has 1 aromatic heterocycles. The van der Waals surface area contributed by atoms with Crippen LogP contribution < -0.4 is 10.5 Å². The maximum Gasteiger partial charge on any atom is 0.238 e. The van der Waals surface area contributed by atoms with E-state index in [-0.39, 0.29) is 10.9 Å². The van der Waals surface area contributed by atoms with Crippen molar-refractivity contribution in [3.63, 3.8) is 0 Å². The van der Waals surface area contributed by atoms with E-state index in [0.29, 0.717) is 6.54 Å². The highest BCUT2D eigenvalue weighted by atomic mass is 32.2. The molecule has 0 aliphatic rings. The Labute approximate surface area is 125 Å². The molecule has 0 saturated carbocycles. The molecule has 6 heteroatoms. The molecule has 5 nitrogen and oxygen atoms in total. The van der Waals surface area contributed by atoms with Crippen molar-refractivity contribution >= 4 is 10.0 Å². The number of hydrogen-bond donors (Lipinski definition) is 2. The van der Waals surface area contributed by atoms with E-state index in [4.69, 9.17) is 9.56 Å². The number of primary sulfonamides is 1. The first-order valence-corrected chi connectivity index (χ1v) is 8.24. The predicted octanol–water partition coefficient (Wildman–Crippen LogP) is 2.39. The summed E-state index contributed by atoms with van der Waals surface area (Å²) in [5, 5.41) is 8.49. The van der Waals surface area contributed by atoms with Gasteiger partial charge in [0.2, 0.25) is 10.0 Å². The van der Waals surface area contributed by atoms with Crippen LogP contribution >= 0.6 is 0 Å². The number of furan rings is 1. The fourth-order valence-corrected chi connectivity index (χ4v) is 2.88. The second-order valence-corrected chi connectivity index (χ2v) is 6.73. The zero-order valence-electron chi connectivity index (χ0n) is 12.4. The highest BCUT2D eigenvalue weighted by Crippen LogP contribution is 2.21. The van der Waals surface area contributed by atoms with Crippen LogP contribution in [0.15, 0.2) is 39.6 Å². The fraction of sp³-hybridized carbons (Fsp3) is 0.333. The van der Waals surface area contributed by atoms with E-state index in [1.165, 1.54) is 6.07 Å². The van der Waals surface area contributed by atoms with Crippen molar-refractivity contribution in [1.82, 2.24) is 5.32 Å². The topological polar surface area (TPSA) is 85.3 Å². The van der Waals surface area contributed by atoms with Crippen molar-refractivity contribution in [2.24, 2.45) is 5.14 Å². The number of aryl methyl sites for hydroxylation is 2. The normalized spacial score (nSPS) is 13.3. The summed E-state index contributed by atoms with van der Waals surface area (Å²) in [5.41, 5.74) is 1.97. The van der Waals surface area contributed by atoms with Crippen LogP contribution in [0.4, 0.5) is 0 Å². The van der Waals surface area contributed by atoms with E-state index in [1.54, 1.807) is 12.1 Å². The summed E-state index contributed by atoms with van der Waals surface area (Å²) in [6, 6.07) is 8.75. The van der Waals surface area contributed by atoms with E-state index >= 15 is 0 Å². The van der Waals surface area contributed by atoms with Crippen molar-refractivity contribution in [2.75, 3.05) is 0 Å². The molecule has 3 N–H and O–H groups in total. The molecular weight excluding hydrogens is 288 g/mol. The number of sulfonamides is 1. The molecule has 2 rings (SSSR count). The number of nitrogens with two attached hydrogens (primary N) is 1. The SMILES string of the molecule is Cc1cc(C(C)NCc2cccc(S(N)(=O)=O)c2)c(C)o1. The van der Waals surface area contributed by atoms with Gasteiger partial charge in [0.25, 0.3) is 0 Å². The molecule has 1 atom stereocenters. The largest absolute Gasteiger partial charge is 0.466 e. The highest BCUT2D eigenvalue weighted by Gasteiger charge is 2.13. The number of hydrogen-bond acceptors (Lipinski definition) is 4. The van der Waals surface area contributed by atoms with Crippen LogP contribution in [0.1, 0.15) is 35.6 Å². The minimum atomic E-state index is -3.66. The molecular formula is C15H20N2O3S. The lowest BCUT2D eigenvalue weighted by Gasteiger charge is -2.13. The van der Waals surface area contributed by atoms with E-state index < -0.39 is 10.0 Å². The van der Waals surface area contributed by atoms with Crippen LogP contribution in [0, 0.1) is 13.8 Å². The fourth-order valence-electron chi connectivity index (χ4n) is 2.29. The van der Waals surface area contributed by atoms with Crippen LogP contribution in [0.2, 0.25) is 0 Å². The van der Waals surface area contributed by atoms with Crippen molar-refractivity contribution in [2.45, 2.75) is 38.3 Å². The van der Waals surface area contributed by atoms with Crippen molar-refractivity contribution in [3.8, 4) is 0 Å². The third-order valence-corrected chi connectivity index (χ3v) is 4.30. The Morgan fingerprint density at radius 1 is 1.29 bits per heavy atom. The van der Waals surface area contributed by atoms with E-state index in [2.05, 4.69) is 5.32 Å². The molecule has 0 spiro atoms. The van der Waals surface area contributed by atoms with Gasteiger partial charge in [0.05, 0.1) is 4.90 Å². The van der Waals surface area contributed by atoms with Gasteiger partial charge < -0.3 is 9.73 Å². The Balaban J connectivity index is 2.08. The molecule has 1 unspecified atom stereocenters. The number of nitrogens with one attached hydrogen (secondary N) is 1. The van der Waals surface area contributed by atoms with Gasteiger partial charge >= 0.3 is 0 Å². The van der Waals surface area contributed by atoms with Gasteiger partial charge in [-0.25, -0.2) is 13.6 Å². The summed E-state index contributed by atoms with van der Waals surface area (Å²) < 4.78 is 28.2. The molecule has 0 saturated heterocycles. The Hall–Kier alpha value is -1.63. The molecule has 21 heavy (non-hydrogen) atoms. The standard InChI is InChI=1S/C15H20N2O3S/c1-10-7-15(12(3)20-10)11(2)17-9-13-5-4-6-14(8-13)21(16,18)19/h4-8,11,17H,9H2,1-3H3,(H2,16,18,19). The third kappa shape index (κ3) is 3.93. The van der Waals surface area contributed by atoms with Gasteiger partial charge in [-0.1, -0.05) is 12.1 Å². The molecule has 114 valence electrons. The molecule has 0 amide bonds. The van der Waals surface area contributed by atoms with Crippen LogP contribution in [-0.4, -0.2) is 8.42 Å². The lowest BCUT2D eigenvalue weighted by atomic mass is 10.1. The lowest BCUT2D eigenvalue weighted by Crippen LogP contribution is -2.19. The quantitative estimate of drug-likeness (QED) is 0.888. The van der Waals surface area contributed by atoms with Crippen molar-refractivity contribution in [1.29, 1.82) is 0 Å². The average molecular weight is 308 g/mol. The Morgan fingerprint density at radius 3 is 2.57 bits per heavy atom. The minimum absolute atomic E-state index is 0.112. The van der Waals surface area contributed by atoms with Gasteiger partial charge in [-0.05, 0) is 44.5 Å². The summed E-state index contributed by atoms with van der Waals surface area (Å²) in [6.45, 7) is 6.44. The van der Waals surface area contributed by atoms with Crippen molar-refractivity contribution in [3.05, 3.63) is 53.0 Å². The minimum Gasteiger partial charge on any atom is -0.466 e. The molecule has 2 aromatic rings. The zero-order valence-corrected chi connectivity index (χ0v) is 13.2. The van der Waals surface area contributed by atoms with Crippen LogP contribution in [-0.2, 0) is 16.6 Å². The Bertz CT molecular complexity index is 735. The van der Waals surface area contributed by atoms with Crippen LogP contribution in [0.25, 0.3) is 0 Å². The molecule has 0 bridgehead atoms. The first-order valence-electron chi connectivity index (χ1n) is 6.69. The maximum atomic E-state index is 11.3. The zero-order chi connectivity index (χ0) is 15.6. The smallest absolute Gasteiger partial charge is 0.238 e. The van der Waals surface area contributed by atoms with Crippen LogP contribution in [0.3, 0.4) is 0 Å². The average Bonchev–Trinajstić information content (AvgIpc) is 2.74. The van der Waals surface area contributed by atoms with Gasteiger partial charge in [0, 0.05) is 18.2 Å². The maximum absolute atomic E-state index is 11.3.